The molecule has 0 bridgehead atoms. The van der Waals surface area contributed by atoms with Gasteiger partial charge in [-0.3, -0.25) is 4.79 Å². The van der Waals surface area contributed by atoms with E-state index in [1.54, 1.807) is 29.7 Å². The third-order valence-corrected chi connectivity index (χ3v) is 4.80. The smallest absolute Gasteiger partial charge is 0.267 e. The van der Waals surface area contributed by atoms with Gasteiger partial charge in [0.15, 0.2) is 0 Å². The zero-order valence-corrected chi connectivity index (χ0v) is 14.0. The number of hydrazone groups is 1. The normalized spacial score (nSPS) is 10.9. The van der Waals surface area contributed by atoms with Crippen molar-refractivity contribution in [2.45, 2.75) is 6.92 Å². The first-order valence-corrected chi connectivity index (χ1v) is 7.81. The molecule has 0 aliphatic carbocycles. The van der Waals surface area contributed by atoms with E-state index in [1.165, 1.54) is 0 Å². The Balaban J connectivity index is 2.01. The molecule has 0 atom stereocenters. The Hall–Kier alpha value is -0.980. The van der Waals surface area contributed by atoms with Gasteiger partial charge in [0, 0.05) is 14.9 Å². The van der Waals surface area contributed by atoms with Gasteiger partial charge in [0.25, 0.3) is 5.91 Å². The zero-order valence-electron chi connectivity index (χ0n) is 9.98. The number of carbonyl (C=O) groups excluding carboxylic acids is 1. The SMILES string of the molecule is Cc1ccc(C(=O)N/N=C/c2ccc(Br)s2)cc1Br. The number of thiophene rings is 1. The zero-order chi connectivity index (χ0) is 13.8. The average Bonchev–Trinajstić information content (AvgIpc) is 2.78. The predicted octanol–water partition coefficient (Wildman–Crippen LogP) is 4.35. The van der Waals surface area contributed by atoms with Crippen molar-refractivity contribution in [3.05, 3.63) is 54.6 Å². The van der Waals surface area contributed by atoms with Crippen LogP contribution in [-0.2, 0) is 0 Å². The highest BCUT2D eigenvalue weighted by Gasteiger charge is 2.05. The van der Waals surface area contributed by atoms with E-state index in [0.29, 0.717) is 5.56 Å². The highest BCUT2D eigenvalue weighted by molar-refractivity contribution is 9.11. The van der Waals surface area contributed by atoms with Gasteiger partial charge in [0.05, 0.1) is 10.0 Å². The van der Waals surface area contributed by atoms with Gasteiger partial charge in [-0.15, -0.1) is 11.3 Å². The summed E-state index contributed by atoms with van der Waals surface area (Å²) in [5.74, 6) is -0.229. The number of benzene rings is 1. The molecular weight excluding hydrogens is 392 g/mol. The Kier molecular flexibility index (Phi) is 4.90. The van der Waals surface area contributed by atoms with Gasteiger partial charge < -0.3 is 0 Å². The number of nitrogens with one attached hydrogen (secondary N) is 1. The topological polar surface area (TPSA) is 41.5 Å². The fraction of sp³-hybridized carbons (Fsp3) is 0.0769. The third kappa shape index (κ3) is 3.99. The largest absolute Gasteiger partial charge is 0.271 e. The quantitative estimate of drug-likeness (QED) is 0.602. The van der Waals surface area contributed by atoms with Crippen molar-refractivity contribution >= 4 is 55.3 Å². The fourth-order valence-corrected chi connectivity index (χ4v) is 3.03. The lowest BCUT2D eigenvalue weighted by atomic mass is 10.1. The maximum absolute atomic E-state index is 11.9. The van der Waals surface area contributed by atoms with E-state index in [-0.39, 0.29) is 5.91 Å². The Morgan fingerprint density at radius 3 is 2.74 bits per heavy atom. The molecule has 6 heteroatoms. The molecule has 19 heavy (non-hydrogen) atoms. The van der Waals surface area contributed by atoms with Crippen LogP contribution in [0.4, 0.5) is 0 Å². The summed E-state index contributed by atoms with van der Waals surface area (Å²) in [6, 6.07) is 9.30. The monoisotopic (exact) mass is 400 g/mol. The second-order valence-electron chi connectivity index (χ2n) is 3.80. The number of carbonyl (C=O) groups is 1. The number of rotatable bonds is 3. The first-order chi connectivity index (χ1) is 9.06. The van der Waals surface area contributed by atoms with Gasteiger partial charge >= 0.3 is 0 Å². The summed E-state index contributed by atoms with van der Waals surface area (Å²) >= 11 is 8.32. The molecule has 1 aromatic heterocycles. The van der Waals surface area contributed by atoms with Crippen LogP contribution < -0.4 is 5.43 Å². The van der Waals surface area contributed by atoms with Crippen molar-refractivity contribution in [1.82, 2.24) is 5.43 Å². The fourth-order valence-electron chi connectivity index (χ4n) is 1.35. The van der Waals surface area contributed by atoms with Gasteiger partial charge in [-0.1, -0.05) is 22.0 Å². The highest BCUT2D eigenvalue weighted by Crippen LogP contribution is 2.20. The summed E-state index contributed by atoms with van der Waals surface area (Å²) in [6.45, 7) is 1.97. The predicted molar refractivity (Wildman–Crippen MR) is 86.0 cm³/mol. The van der Waals surface area contributed by atoms with E-state index < -0.39 is 0 Å². The molecule has 0 spiro atoms. The molecule has 1 N–H and O–H groups in total. The molecule has 0 aliphatic rings. The number of nitrogens with zero attached hydrogens (tertiary/aromatic N) is 1. The molecule has 0 saturated heterocycles. The Bertz CT molecular complexity index is 637. The first kappa shape index (κ1) is 14.4. The van der Waals surface area contributed by atoms with Crippen molar-refractivity contribution < 1.29 is 4.79 Å². The molecule has 1 amide bonds. The molecule has 1 heterocycles. The minimum absolute atomic E-state index is 0.229. The van der Waals surface area contributed by atoms with Crippen LogP contribution in [0.3, 0.4) is 0 Å². The second kappa shape index (κ2) is 6.45. The van der Waals surface area contributed by atoms with Crippen molar-refractivity contribution in [3.63, 3.8) is 0 Å². The maximum Gasteiger partial charge on any atom is 0.271 e. The van der Waals surface area contributed by atoms with Gasteiger partial charge in [0.1, 0.15) is 0 Å². The summed E-state index contributed by atoms with van der Waals surface area (Å²) < 4.78 is 1.94. The highest BCUT2D eigenvalue weighted by atomic mass is 79.9. The van der Waals surface area contributed by atoms with E-state index in [0.717, 1.165) is 18.7 Å². The number of hydrogen-bond donors (Lipinski definition) is 1. The second-order valence-corrected chi connectivity index (χ2v) is 7.15. The molecule has 0 fully saturated rings. The summed E-state index contributed by atoms with van der Waals surface area (Å²) in [4.78, 5) is 12.8. The first-order valence-electron chi connectivity index (χ1n) is 5.41. The maximum atomic E-state index is 11.9. The molecule has 0 radical (unpaired) electrons. The van der Waals surface area contributed by atoms with E-state index in [4.69, 9.17) is 0 Å². The molecule has 0 saturated carbocycles. The summed E-state index contributed by atoms with van der Waals surface area (Å²) in [5.41, 5.74) is 4.16. The van der Waals surface area contributed by atoms with Gasteiger partial charge in [-0.2, -0.15) is 5.10 Å². The number of aryl methyl sites for hydroxylation is 1. The van der Waals surface area contributed by atoms with E-state index in [1.807, 2.05) is 25.1 Å². The minimum Gasteiger partial charge on any atom is -0.267 e. The molecule has 2 aromatic rings. The van der Waals surface area contributed by atoms with Crippen LogP contribution >= 0.6 is 43.2 Å². The van der Waals surface area contributed by atoms with Crippen molar-refractivity contribution in [3.8, 4) is 0 Å². The number of hydrogen-bond acceptors (Lipinski definition) is 3. The van der Waals surface area contributed by atoms with Crippen LogP contribution in [0.5, 0.6) is 0 Å². The Morgan fingerprint density at radius 1 is 1.32 bits per heavy atom. The molecule has 1 aromatic carbocycles. The Labute approximate surface area is 132 Å². The third-order valence-electron chi connectivity index (χ3n) is 2.39. The molecule has 2 rings (SSSR count). The lowest BCUT2D eigenvalue weighted by Gasteiger charge is -2.02. The average molecular weight is 402 g/mol. The van der Waals surface area contributed by atoms with E-state index in [9.17, 15) is 4.79 Å². The van der Waals surface area contributed by atoms with Gasteiger partial charge in [-0.05, 0) is 52.7 Å². The molecule has 3 nitrogen and oxygen atoms in total. The van der Waals surface area contributed by atoms with Crippen LogP contribution in [0.2, 0.25) is 0 Å². The van der Waals surface area contributed by atoms with E-state index >= 15 is 0 Å². The van der Waals surface area contributed by atoms with Crippen LogP contribution in [0, 0.1) is 6.92 Å². The molecule has 98 valence electrons. The number of amides is 1. The Morgan fingerprint density at radius 2 is 2.11 bits per heavy atom. The lowest BCUT2D eigenvalue weighted by molar-refractivity contribution is 0.0955. The van der Waals surface area contributed by atoms with E-state index in [2.05, 4.69) is 42.4 Å². The van der Waals surface area contributed by atoms with Crippen molar-refractivity contribution in [2.24, 2.45) is 5.10 Å². The summed E-state index contributed by atoms with van der Waals surface area (Å²) in [5, 5.41) is 3.93. The molecular formula is C13H10Br2N2OS. The van der Waals surface area contributed by atoms with Gasteiger partial charge in [0.2, 0.25) is 0 Å². The lowest BCUT2D eigenvalue weighted by Crippen LogP contribution is -2.17. The van der Waals surface area contributed by atoms with Crippen LogP contribution in [0.1, 0.15) is 20.8 Å². The molecule has 0 unspecified atom stereocenters. The van der Waals surface area contributed by atoms with Gasteiger partial charge in [-0.25, -0.2) is 5.43 Å². The van der Waals surface area contributed by atoms with Crippen LogP contribution in [0.15, 0.2) is 43.7 Å². The van der Waals surface area contributed by atoms with Crippen LogP contribution in [-0.4, -0.2) is 12.1 Å². The van der Waals surface area contributed by atoms with Crippen LogP contribution in [0.25, 0.3) is 0 Å². The summed E-state index contributed by atoms with van der Waals surface area (Å²) in [7, 11) is 0. The summed E-state index contributed by atoms with van der Waals surface area (Å²) in [6.07, 6.45) is 1.62. The number of halogens is 2. The molecule has 0 aliphatic heterocycles. The minimum atomic E-state index is -0.229. The standard InChI is InChI=1S/C13H10Br2N2OS/c1-8-2-3-9(6-11(8)14)13(18)17-16-7-10-4-5-12(15)19-10/h2-7H,1H3,(H,17,18)/b16-7+. The van der Waals surface area contributed by atoms with Crippen molar-refractivity contribution in [2.75, 3.05) is 0 Å². The van der Waals surface area contributed by atoms with Crippen molar-refractivity contribution in [1.29, 1.82) is 0 Å².